The number of hydrogen-bond donors (Lipinski definition) is 2. The fourth-order valence-electron chi connectivity index (χ4n) is 5.37. The van der Waals surface area contributed by atoms with Gasteiger partial charge in [-0.3, -0.25) is 9.59 Å². The van der Waals surface area contributed by atoms with Gasteiger partial charge < -0.3 is 20.2 Å². The van der Waals surface area contributed by atoms with Crippen molar-refractivity contribution in [1.29, 1.82) is 0 Å². The van der Waals surface area contributed by atoms with E-state index in [1.807, 2.05) is 42.5 Å². The molecule has 0 aromatic heterocycles. The Bertz CT molecular complexity index is 1280. The highest BCUT2D eigenvalue weighted by molar-refractivity contribution is 6.30. The van der Waals surface area contributed by atoms with Crippen LogP contribution in [-0.4, -0.2) is 54.0 Å². The SMILES string of the molecule is Cc1ccc(Cl)cc1N1CCC(CNC(=O)C2CCCN2C(=O)c2ccc3ccccc3c2O)C1. The summed E-state index contributed by atoms with van der Waals surface area (Å²) < 4.78 is 0. The van der Waals surface area contributed by atoms with Crippen molar-refractivity contribution in [3.63, 3.8) is 0 Å². The van der Waals surface area contributed by atoms with Crippen molar-refractivity contribution < 1.29 is 14.7 Å². The van der Waals surface area contributed by atoms with Crippen LogP contribution in [0.25, 0.3) is 10.8 Å². The summed E-state index contributed by atoms with van der Waals surface area (Å²) in [6.07, 6.45) is 2.39. The summed E-state index contributed by atoms with van der Waals surface area (Å²) in [6, 6.07) is 16.3. The Kier molecular flexibility index (Phi) is 6.56. The molecule has 0 spiro atoms. The maximum Gasteiger partial charge on any atom is 0.258 e. The van der Waals surface area contributed by atoms with Crippen LogP contribution in [-0.2, 0) is 4.79 Å². The Labute approximate surface area is 210 Å². The van der Waals surface area contributed by atoms with E-state index in [0.29, 0.717) is 30.8 Å². The summed E-state index contributed by atoms with van der Waals surface area (Å²) >= 11 is 6.20. The van der Waals surface area contributed by atoms with Crippen LogP contribution in [0.3, 0.4) is 0 Å². The van der Waals surface area contributed by atoms with E-state index in [-0.39, 0.29) is 23.1 Å². The molecule has 2 N–H and O–H groups in total. The highest BCUT2D eigenvalue weighted by atomic mass is 35.5. The second-order valence-electron chi connectivity index (χ2n) is 9.62. The van der Waals surface area contributed by atoms with E-state index in [2.05, 4.69) is 17.1 Å². The minimum atomic E-state index is -0.513. The number of anilines is 1. The molecule has 2 aliphatic heterocycles. The Morgan fingerprint density at radius 3 is 2.77 bits per heavy atom. The molecule has 0 radical (unpaired) electrons. The minimum absolute atomic E-state index is 0.0264. The molecule has 2 unspecified atom stereocenters. The molecule has 2 aliphatic rings. The smallest absolute Gasteiger partial charge is 0.258 e. The van der Waals surface area contributed by atoms with Gasteiger partial charge in [-0.15, -0.1) is 0 Å². The monoisotopic (exact) mass is 491 g/mol. The average Bonchev–Trinajstić information content (AvgIpc) is 3.54. The van der Waals surface area contributed by atoms with E-state index in [1.165, 1.54) is 5.56 Å². The number of aromatic hydroxyl groups is 1. The number of halogens is 1. The molecule has 182 valence electrons. The van der Waals surface area contributed by atoms with Gasteiger partial charge in [-0.05, 0) is 61.3 Å². The highest BCUT2D eigenvalue weighted by Gasteiger charge is 2.36. The van der Waals surface area contributed by atoms with Gasteiger partial charge in [-0.1, -0.05) is 48.0 Å². The normalized spacial score (nSPS) is 19.9. The van der Waals surface area contributed by atoms with E-state index in [4.69, 9.17) is 11.6 Å². The molecule has 0 bridgehead atoms. The number of likely N-dealkylation sites (tertiary alicyclic amines) is 1. The number of rotatable bonds is 5. The molecule has 2 atom stereocenters. The molecule has 0 aliphatic carbocycles. The predicted octanol–water partition coefficient (Wildman–Crippen LogP) is 4.75. The van der Waals surface area contributed by atoms with E-state index in [9.17, 15) is 14.7 Å². The number of hydrogen-bond acceptors (Lipinski definition) is 4. The van der Waals surface area contributed by atoms with Crippen LogP contribution in [0.15, 0.2) is 54.6 Å². The molecule has 6 nitrogen and oxygen atoms in total. The van der Waals surface area contributed by atoms with E-state index in [0.717, 1.165) is 42.0 Å². The van der Waals surface area contributed by atoms with Gasteiger partial charge in [0.15, 0.2) is 0 Å². The first-order chi connectivity index (χ1) is 16.9. The number of carbonyl (C=O) groups excluding carboxylic acids is 2. The van der Waals surface area contributed by atoms with Crippen LogP contribution in [0.4, 0.5) is 5.69 Å². The maximum absolute atomic E-state index is 13.3. The second kappa shape index (κ2) is 9.78. The first-order valence-electron chi connectivity index (χ1n) is 12.2. The largest absolute Gasteiger partial charge is 0.506 e. The topological polar surface area (TPSA) is 72.9 Å². The van der Waals surface area contributed by atoms with Crippen LogP contribution in [0.5, 0.6) is 5.75 Å². The van der Waals surface area contributed by atoms with Crippen LogP contribution >= 0.6 is 11.6 Å². The average molecular weight is 492 g/mol. The van der Waals surface area contributed by atoms with Gasteiger partial charge in [-0.2, -0.15) is 0 Å². The third kappa shape index (κ3) is 4.67. The molecule has 2 heterocycles. The number of fused-ring (bicyclic) bond motifs is 1. The molecule has 2 fully saturated rings. The van der Waals surface area contributed by atoms with Gasteiger partial charge in [0, 0.05) is 42.3 Å². The molecule has 3 aromatic carbocycles. The fraction of sp³-hybridized carbons (Fsp3) is 0.357. The van der Waals surface area contributed by atoms with Crippen LogP contribution < -0.4 is 10.2 Å². The van der Waals surface area contributed by atoms with Crippen molar-refractivity contribution in [3.05, 3.63) is 70.7 Å². The second-order valence-corrected chi connectivity index (χ2v) is 10.1. The molecule has 5 rings (SSSR count). The fourth-order valence-corrected chi connectivity index (χ4v) is 5.54. The standard InChI is InChI=1S/C28H30ClN3O3/c1-18-8-10-21(29)15-25(18)31-14-12-19(17-31)16-30-27(34)24-7-4-13-32(24)28(35)23-11-9-20-5-2-3-6-22(20)26(23)33/h2-3,5-6,8-11,15,19,24,33H,4,7,12-14,16-17H2,1H3,(H,30,34). The molecule has 3 aromatic rings. The summed E-state index contributed by atoms with van der Waals surface area (Å²) in [4.78, 5) is 30.3. The Hall–Kier alpha value is -3.25. The van der Waals surface area contributed by atoms with E-state index >= 15 is 0 Å². The van der Waals surface area contributed by atoms with Crippen LogP contribution in [0, 0.1) is 12.8 Å². The molecule has 2 saturated heterocycles. The predicted molar refractivity (Wildman–Crippen MR) is 139 cm³/mol. The number of phenols is 1. The Morgan fingerprint density at radius 2 is 1.91 bits per heavy atom. The van der Waals surface area contributed by atoms with Crippen molar-refractivity contribution in [2.24, 2.45) is 5.92 Å². The third-order valence-electron chi connectivity index (χ3n) is 7.31. The molecule has 7 heteroatoms. The Balaban J connectivity index is 1.22. The molecule has 2 amide bonds. The summed E-state index contributed by atoms with van der Waals surface area (Å²) in [5, 5.41) is 16.1. The molecular formula is C28H30ClN3O3. The maximum atomic E-state index is 13.3. The third-order valence-corrected chi connectivity index (χ3v) is 7.55. The number of nitrogens with one attached hydrogen (secondary N) is 1. The van der Waals surface area contributed by atoms with Gasteiger partial charge >= 0.3 is 0 Å². The quantitative estimate of drug-likeness (QED) is 0.540. The number of aryl methyl sites for hydroxylation is 1. The van der Waals surface area contributed by atoms with Gasteiger partial charge in [0.25, 0.3) is 5.91 Å². The highest BCUT2D eigenvalue weighted by Crippen LogP contribution is 2.32. The lowest BCUT2D eigenvalue weighted by Gasteiger charge is -2.25. The summed E-state index contributed by atoms with van der Waals surface area (Å²) in [6.45, 7) is 4.96. The van der Waals surface area contributed by atoms with E-state index in [1.54, 1.807) is 17.0 Å². The van der Waals surface area contributed by atoms with E-state index < -0.39 is 6.04 Å². The van der Waals surface area contributed by atoms with Crippen molar-refractivity contribution in [3.8, 4) is 5.75 Å². The lowest BCUT2D eigenvalue weighted by atomic mass is 10.0. The summed E-state index contributed by atoms with van der Waals surface area (Å²) in [5.74, 6) is -0.100. The summed E-state index contributed by atoms with van der Waals surface area (Å²) in [7, 11) is 0. The Morgan fingerprint density at radius 1 is 1.09 bits per heavy atom. The van der Waals surface area contributed by atoms with Gasteiger partial charge in [0.2, 0.25) is 5.91 Å². The van der Waals surface area contributed by atoms with Crippen molar-refractivity contribution in [2.45, 2.75) is 32.2 Å². The molecule has 35 heavy (non-hydrogen) atoms. The van der Waals surface area contributed by atoms with Crippen molar-refractivity contribution in [1.82, 2.24) is 10.2 Å². The van der Waals surface area contributed by atoms with Crippen LogP contribution in [0.1, 0.15) is 35.2 Å². The zero-order valence-corrected chi connectivity index (χ0v) is 20.6. The lowest BCUT2D eigenvalue weighted by Crippen LogP contribution is -2.47. The zero-order chi connectivity index (χ0) is 24.5. The minimum Gasteiger partial charge on any atom is -0.506 e. The number of benzene rings is 3. The van der Waals surface area contributed by atoms with Gasteiger partial charge in [0.1, 0.15) is 11.8 Å². The summed E-state index contributed by atoms with van der Waals surface area (Å²) in [5.41, 5.74) is 2.58. The van der Waals surface area contributed by atoms with Crippen molar-refractivity contribution in [2.75, 3.05) is 31.1 Å². The molecular weight excluding hydrogens is 462 g/mol. The number of nitrogens with zero attached hydrogens (tertiary/aromatic N) is 2. The van der Waals surface area contributed by atoms with Crippen molar-refractivity contribution >= 4 is 39.9 Å². The zero-order valence-electron chi connectivity index (χ0n) is 19.8. The van der Waals surface area contributed by atoms with Crippen LogP contribution in [0.2, 0.25) is 5.02 Å². The number of phenolic OH excluding ortho intramolecular Hbond substituents is 1. The first kappa shape index (κ1) is 23.5. The number of amides is 2. The number of carbonyl (C=O) groups is 2. The van der Waals surface area contributed by atoms with Gasteiger partial charge in [0.05, 0.1) is 5.56 Å². The first-order valence-corrected chi connectivity index (χ1v) is 12.6. The lowest BCUT2D eigenvalue weighted by molar-refractivity contribution is -0.125. The van der Waals surface area contributed by atoms with Gasteiger partial charge in [-0.25, -0.2) is 0 Å². The molecule has 0 saturated carbocycles.